The first-order valence-electron chi connectivity index (χ1n) is 6.52. The molecule has 0 N–H and O–H groups in total. The second kappa shape index (κ2) is 6.59. The minimum atomic E-state index is -0.0930. The number of pyridine rings is 1. The Morgan fingerprint density at radius 3 is 2.71 bits per heavy atom. The molecule has 0 saturated carbocycles. The van der Waals surface area contributed by atoms with E-state index in [1.54, 1.807) is 49.5 Å². The molecule has 1 aromatic heterocycles. The summed E-state index contributed by atoms with van der Waals surface area (Å²) < 4.78 is 5.29. The first kappa shape index (κ1) is 15.3. The van der Waals surface area contributed by atoms with Crippen LogP contribution in [-0.2, 0) is 6.54 Å². The lowest BCUT2D eigenvalue weighted by Gasteiger charge is -2.19. The Morgan fingerprint density at radius 2 is 2.10 bits per heavy atom. The molecule has 0 saturated heterocycles. The van der Waals surface area contributed by atoms with E-state index in [9.17, 15) is 4.79 Å². The second-order valence-corrected chi connectivity index (χ2v) is 5.24. The number of hydrogen-bond donors (Lipinski definition) is 0. The van der Waals surface area contributed by atoms with Gasteiger partial charge in [-0.3, -0.25) is 9.78 Å². The van der Waals surface area contributed by atoms with E-state index >= 15 is 0 Å². The van der Waals surface area contributed by atoms with Crippen LogP contribution in [0.15, 0.2) is 36.5 Å². The minimum Gasteiger partial charge on any atom is -0.496 e. The van der Waals surface area contributed by atoms with Gasteiger partial charge in [0.25, 0.3) is 5.91 Å². The van der Waals surface area contributed by atoms with E-state index < -0.39 is 0 Å². The van der Waals surface area contributed by atoms with Crippen molar-refractivity contribution in [2.75, 3.05) is 14.2 Å². The largest absolute Gasteiger partial charge is 0.496 e. The molecule has 0 atom stereocenters. The first-order chi connectivity index (χ1) is 10.0. The first-order valence-corrected chi connectivity index (χ1v) is 6.89. The lowest BCUT2D eigenvalue weighted by atomic mass is 10.1. The lowest BCUT2D eigenvalue weighted by Crippen LogP contribution is -2.26. The Labute approximate surface area is 129 Å². The van der Waals surface area contributed by atoms with Crippen LogP contribution in [0, 0.1) is 6.92 Å². The minimum absolute atomic E-state index is 0.0930. The molecule has 0 aliphatic rings. The predicted octanol–water partition coefficient (Wildman–Crippen LogP) is 3.32. The summed E-state index contributed by atoms with van der Waals surface area (Å²) in [4.78, 5) is 18.1. The SMILES string of the molecule is COc1ccc(Cl)cc1CN(C)C(=O)c1ccc(C)nc1. The van der Waals surface area contributed by atoms with Crippen LogP contribution in [0.1, 0.15) is 21.6 Å². The smallest absolute Gasteiger partial charge is 0.255 e. The second-order valence-electron chi connectivity index (χ2n) is 4.81. The zero-order valence-electron chi connectivity index (χ0n) is 12.3. The molecule has 0 fully saturated rings. The van der Waals surface area contributed by atoms with Crippen molar-refractivity contribution in [3.05, 3.63) is 58.4 Å². The number of amides is 1. The van der Waals surface area contributed by atoms with E-state index in [1.165, 1.54) is 0 Å². The highest BCUT2D eigenvalue weighted by Gasteiger charge is 2.14. The van der Waals surface area contributed by atoms with E-state index in [2.05, 4.69) is 4.98 Å². The van der Waals surface area contributed by atoms with Gasteiger partial charge < -0.3 is 9.64 Å². The molecule has 1 aromatic carbocycles. The molecule has 1 amide bonds. The Balaban J connectivity index is 2.17. The molecule has 0 spiro atoms. The molecule has 2 rings (SSSR count). The number of carbonyl (C=O) groups excluding carboxylic acids is 1. The zero-order chi connectivity index (χ0) is 15.4. The number of halogens is 1. The van der Waals surface area contributed by atoms with Gasteiger partial charge >= 0.3 is 0 Å². The van der Waals surface area contributed by atoms with Crippen molar-refractivity contribution in [2.24, 2.45) is 0 Å². The molecule has 110 valence electrons. The van der Waals surface area contributed by atoms with E-state index in [-0.39, 0.29) is 5.91 Å². The molecule has 21 heavy (non-hydrogen) atoms. The number of ether oxygens (including phenoxy) is 1. The molecule has 5 heteroatoms. The summed E-state index contributed by atoms with van der Waals surface area (Å²) in [5.74, 6) is 0.616. The quantitative estimate of drug-likeness (QED) is 0.870. The number of methoxy groups -OCH3 is 1. The van der Waals surface area contributed by atoms with E-state index in [0.29, 0.717) is 22.9 Å². The molecule has 0 bridgehead atoms. The fourth-order valence-corrected chi connectivity index (χ4v) is 2.21. The summed E-state index contributed by atoms with van der Waals surface area (Å²) >= 11 is 6.00. The number of rotatable bonds is 4. The van der Waals surface area contributed by atoms with Gasteiger partial charge in [0.2, 0.25) is 0 Å². The highest BCUT2D eigenvalue weighted by atomic mass is 35.5. The summed E-state index contributed by atoms with van der Waals surface area (Å²) in [5, 5.41) is 0.614. The average Bonchev–Trinajstić information content (AvgIpc) is 2.47. The third-order valence-electron chi connectivity index (χ3n) is 3.15. The maximum Gasteiger partial charge on any atom is 0.255 e. The number of hydrogen-bond acceptors (Lipinski definition) is 3. The van der Waals surface area contributed by atoms with Gasteiger partial charge in [-0.15, -0.1) is 0 Å². The van der Waals surface area contributed by atoms with Gasteiger partial charge in [0.05, 0.1) is 12.7 Å². The Kier molecular flexibility index (Phi) is 4.81. The number of carbonyl (C=O) groups is 1. The van der Waals surface area contributed by atoms with Crippen molar-refractivity contribution in [1.29, 1.82) is 0 Å². The number of aryl methyl sites for hydroxylation is 1. The summed E-state index contributed by atoms with van der Waals surface area (Å²) in [7, 11) is 3.33. The van der Waals surface area contributed by atoms with Crippen LogP contribution in [0.25, 0.3) is 0 Å². The normalized spacial score (nSPS) is 10.3. The van der Waals surface area contributed by atoms with Crippen LogP contribution in [-0.4, -0.2) is 29.9 Å². The highest BCUT2D eigenvalue weighted by molar-refractivity contribution is 6.30. The molecule has 1 heterocycles. The average molecular weight is 305 g/mol. The number of benzene rings is 1. The van der Waals surface area contributed by atoms with Gasteiger partial charge in [-0.05, 0) is 37.3 Å². The number of aromatic nitrogens is 1. The molecular formula is C16H17ClN2O2. The molecule has 0 radical (unpaired) electrons. The van der Waals surface area contributed by atoms with Gasteiger partial charge in [-0.2, -0.15) is 0 Å². The zero-order valence-corrected chi connectivity index (χ0v) is 13.0. The van der Waals surface area contributed by atoms with Gasteiger partial charge in [-0.25, -0.2) is 0 Å². The van der Waals surface area contributed by atoms with Crippen molar-refractivity contribution in [3.8, 4) is 5.75 Å². The molecule has 0 aliphatic heterocycles. The van der Waals surface area contributed by atoms with Gasteiger partial charge in [0, 0.05) is 36.1 Å². The summed E-state index contributed by atoms with van der Waals surface area (Å²) in [5.41, 5.74) is 2.30. The van der Waals surface area contributed by atoms with Crippen LogP contribution in [0.3, 0.4) is 0 Å². The van der Waals surface area contributed by atoms with E-state index in [0.717, 1.165) is 11.3 Å². The molecule has 2 aromatic rings. The molecule has 0 unspecified atom stereocenters. The van der Waals surface area contributed by atoms with Crippen LogP contribution in [0.4, 0.5) is 0 Å². The Hall–Kier alpha value is -2.07. The Bertz CT molecular complexity index is 641. The maximum atomic E-state index is 12.4. The fourth-order valence-electron chi connectivity index (χ4n) is 2.01. The lowest BCUT2D eigenvalue weighted by molar-refractivity contribution is 0.0784. The van der Waals surface area contributed by atoms with Gasteiger partial charge in [0.1, 0.15) is 5.75 Å². The van der Waals surface area contributed by atoms with Crippen LogP contribution >= 0.6 is 11.6 Å². The summed E-state index contributed by atoms with van der Waals surface area (Å²) in [6.07, 6.45) is 1.59. The van der Waals surface area contributed by atoms with E-state index in [4.69, 9.17) is 16.3 Å². The third kappa shape index (κ3) is 3.73. The van der Waals surface area contributed by atoms with Crippen LogP contribution < -0.4 is 4.74 Å². The van der Waals surface area contributed by atoms with Crippen molar-refractivity contribution >= 4 is 17.5 Å². The van der Waals surface area contributed by atoms with Crippen molar-refractivity contribution < 1.29 is 9.53 Å². The summed E-state index contributed by atoms with van der Waals surface area (Å²) in [6.45, 7) is 2.30. The standard InChI is InChI=1S/C16H17ClN2O2/c1-11-4-5-12(9-18-11)16(20)19(2)10-13-8-14(17)6-7-15(13)21-3/h4-9H,10H2,1-3H3. The third-order valence-corrected chi connectivity index (χ3v) is 3.39. The van der Waals surface area contributed by atoms with Crippen molar-refractivity contribution in [1.82, 2.24) is 9.88 Å². The monoisotopic (exact) mass is 304 g/mol. The van der Waals surface area contributed by atoms with E-state index in [1.807, 2.05) is 13.0 Å². The molecule has 0 aliphatic carbocycles. The maximum absolute atomic E-state index is 12.4. The Morgan fingerprint density at radius 1 is 1.33 bits per heavy atom. The van der Waals surface area contributed by atoms with Crippen LogP contribution in [0.2, 0.25) is 5.02 Å². The fraction of sp³-hybridized carbons (Fsp3) is 0.250. The molecular weight excluding hydrogens is 288 g/mol. The molecule has 4 nitrogen and oxygen atoms in total. The van der Waals surface area contributed by atoms with Crippen LogP contribution in [0.5, 0.6) is 5.75 Å². The van der Waals surface area contributed by atoms with Gasteiger partial charge in [-0.1, -0.05) is 11.6 Å². The topological polar surface area (TPSA) is 42.4 Å². The van der Waals surface area contributed by atoms with Gasteiger partial charge in [0.15, 0.2) is 0 Å². The predicted molar refractivity (Wildman–Crippen MR) is 82.8 cm³/mol. The number of nitrogens with zero attached hydrogens (tertiary/aromatic N) is 2. The van der Waals surface area contributed by atoms with Crippen molar-refractivity contribution in [2.45, 2.75) is 13.5 Å². The summed E-state index contributed by atoms with van der Waals surface area (Å²) in [6, 6.07) is 8.95. The van der Waals surface area contributed by atoms with Crippen molar-refractivity contribution in [3.63, 3.8) is 0 Å². The highest BCUT2D eigenvalue weighted by Crippen LogP contribution is 2.24.